The molecule has 0 saturated heterocycles. The molecule has 0 fully saturated rings. The molecule has 1 rings (SSSR count). The third kappa shape index (κ3) is 2.44. The number of nitrogens with two attached hydrogens (primary N) is 1. The smallest absolute Gasteiger partial charge is 0.337 e. The molecule has 1 atom stereocenters. The normalized spacial score (nSPS) is 12.6. The van der Waals surface area contributed by atoms with Crippen molar-refractivity contribution in [2.24, 2.45) is 5.84 Å². The van der Waals surface area contributed by atoms with Crippen molar-refractivity contribution in [2.45, 2.75) is 12.5 Å². The molecule has 0 spiro atoms. The average Bonchev–Trinajstić information content (AvgIpc) is 2.26. The fraction of sp³-hybridized carbons (Fsp3) is 0.222. The van der Waals surface area contributed by atoms with E-state index in [9.17, 15) is 18.7 Å². The lowest BCUT2D eigenvalue weighted by atomic mass is 10.0. The number of hydrogen-bond donors (Lipinski definition) is 4. The van der Waals surface area contributed by atoms with E-state index in [4.69, 9.17) is 10.9 Å². The van der Waals surface area contributed by atoms with E-state index in [0.29, 0.717) is 0 Å². The van der Waals surface area contributed by atoms with Gasteiger partial charge in [0, 0.05) is 5.56 Å². The summed E-state index contributed by atoms with van der Waals surface area (Å²) in [6, 6.07) is 3.29. The summed E-state index contributed by atoms with van der Waals surface area (Å²) in [6.07, 6.45) is -4.64. The molecule has 0 aromatic heterocycles. The van der Waals surface area contributed by atoms with Gasteiger partial charge < -0.3 is 15.6 Å². The minimum Gasteiger partial charge on any atom is -0.479 e. The number of halogens is 2. The number of rotatable bonds is 4. The van der Waals surface area contributed by atoms with Gasteiger partial charge in [-0.1, -0.05) is 6.07 Å². The van der Waals surface area contributed by atoms with E-state index >= 15 is 0 Å². The summed E-state index contributed by atoms with van der Waals surface area (Å²) >= 11 is 0. The van der Waals surface area contributed by atoms with Crippen molar-refractivity contribution in [1.29, 1.82) is 0 Å². The first kappa shape index (κ1) is 12.3. The number of alkyl halides is 2. The molecule has 0 aliphatic heterocycles. The molecule has 0 saturated carbocycles. The highest BCUT2D eigenvalue weighted by Gasteiger charge is 2.20. The van der Waals surface area contributed by atoms with Gasteiger partial charge in [0.05, 0.1) is 5.69 Å². The molecule has 0 radical (unpaired) electrons. The lowest BCUT2D eigenvalue weighted by molar-refractivity contribution is -0.146. The van der Waals surface area contributed by atoms with E-state index in [1.807, 2.05) is 0 Å². The zero-order valence-electron chi connectivity index (χ0n) is 8.02. The van der Waals surface area contributed by atoms with E-state index in [-0.39, 0.29) is 11.3 Å². The van der Waals surface area contributed by atoms with Gasteiger partial charge in [-0.2, -0.15) is 0 Å². The molecule has 1 aromatic carbocycles. The summed E-state index contributed by atoms with van der Waals surface area (Å²) in [5.41, 5.74) is 1.46. The van der Waals surface area contributed by atoms with Gasteiger partial charge in [0.1, 0.15) is 0 Å². The molecule has 0 heterocycles. The maximum absolute atomic E-state index is 12.5. The second kappa shape index (κ2) is 4.86. The maximum Gasteiger partial charge on any atom is 0.337 e. The Kier molecular flexibility index (Phi) is 3.75. The van der Waals surface area contributed by atoms with E-state index in [0.717, 1.165) is 6.07 Å². The van der Waals surface area contributed by atoms with Crippen LogP contribution >= 0.6 is 0 Å². The summed E-state index contributed by atoms with van der Waals surface area (Å²) in [6.45, 7) is 0. The Balaban J connectivity index is 3.16. The number of nitrogen functional groups attached to an aromatic ring is 1. The zero-order chi connectivity index (χ0) is 12.3. The second-order valence-corrected chi connectivity index (χ2v) is 3.03. The fourth-order valence-corrected chi connectivity index (χ4v) is 1.21. The van der Waals surface area contributed by atoms with Crippen molar-refractivity contribution in [2.75, 3.05) is 5.43 Å². The van der Waals surface area contributed by atoms with Crippen molar-refractivity contribution in [3.8, 4) is 0 Å². The van der Waals surface area contributed by atoms with Gasteiger partial charge in [0.15, 0.2) is 6.10 Å². The van der Waals surface area contributed by atoms with Crippen molar-refractivity contribution in [3.63, 3.8) is 0 Å². The lowest BCUT2D eigenvalue weighted by Gasteiger charge is -2.12. The van der Waals surface area contributed by atoms with Gasteiger partial charge in [-0.15, -0.1) is 0 Å². The Morgan fingerprint density at radius 1 is 1.44 bits per heavy atom. The lowest BCUT2D eigenvalue weighted by Crippen LogP contribution is -2.13. The summed E-state index contributed by atoms with van der Waals surface area (Å²) < 4.78 is 25.1. The van der Waals surface area contributed by atoms with Crippen LogP contribution in [0.2, 0.25) is 0 Å². The number of carboxylic acids is 1. The number of nitrogens with one attached hydrogen (secondary N) is 1. The quantitative estimate of drug-likeness (QED) is 0.459. The molecule has 0 aliphatic rings. The van der Waals surface area contributed by atoms with Crippen LogP contribution in [-0.4, -0.2) is 16.2 Å². The molecule has 5 N–H and O–H groups in total. The van der Waals surface area contributed by atoms with Crippen LogP contribution in [0.15, 0.2) is 18.2 Å². The maximum atomic E-state index is 12.5. The molecule has 88 valence electrons. The summed E-state index contributed by atoms with van der Waals surface area (Å²) in [5.74, 6) is 3.51. The van der Waals surface area contributed by atoms with Crippen molar-refractivity contribution in [3.05, 3.63) is 29.3 Å². The largest absolute Gasteiger partial charge is 0.479 e. The standard InChI is InChI=1S/C9H10F2N2O3/c10-8(11)5-3-4(7(14)9(15)16)1-2-6(5)13-12/h1-3,7-8,13-14H,12H2,(H,15,16). The number of benzene rings is 1. The Morgan fingerprint density at radius 2 is 2.06 bits per heavy atom. The Bertz CT molecular complexity index is 398. The molecule has 0 aliphatic carbocycles. The molecule has 0 bridgehead atoms. The number of carboxylic acid groups (broad SMARTS) is 1. The summed E-state index contributed by atoms with van der Waals surface area (Å²) in [5, 5.41) is 17.7. The molecule has 1 aromatic rings. The van der Waals surface area contributed by atoms with Crippen LogP contribution in [0, 0.1) is 0 Å². The SMILES string of the molecule is NNc1ccc(C(O)C(=O)O)cc1C(F)F. The predicted molar refractivity (Wildman–Crippen MR) is 51.8 cm³/mol. The summed E-state index contributed by atoms with van der Waals surface area (Å²) in [4.78, 5) is 10.5. The van der Waals surface area contributed by atoms with Crippen molar-refractivity contribution < 1.29 is 23.8 Å². The first-order chi connectivity index (χ1) is 7.47. The number of anilines is 1. The fourth-order valence-electron chi connectivity index (χ4n) is 1.21. The topological polar surface area (TPSA) is 95.6 Å². The monoisotopic (exact) mass is 232 g/mol. The van der Waals surface area contributed by atoms with Crippen LogP contribution in [0.25, 0.3) is 0 Å². The third-order valence-electron chi connectivity index (χ3n) is 2.02. The second-order valence-electron chi connectivity index (χ2n) is 3.03. The Morgan fingerprint density at radius 3 is 2.50 bits per heavy atom. The number of carbonyl (C=O) groups is 1. The van der Waals surface area contributed by atoms with E-state index < -0.39 is 24.1 Å². The number of hydrazine groups is 1. The van der Waals surface area contributed by atoms with Crippen LogP contribution in [0.5, 0.6) is 0 Å². The first-order valence-corrected chi connectivity index (χ1v) is 4.27. The summed E-state index contributed by atoms with van der Waals surface area (Å²) in [7, 11) is 0. The third-order valence-corrected chi connectivity index (χ3v) is 2.02. The molecule has 16 heavy (non-hydrogen) atoms. The number of aliphatic hydroxyl groups is 1. The molecule has 7 heteroatoms. The average molecular weight is 232 g/mol. The number of hydrogen-bond acceptors (Lipinski definition) is 4. The zero-order valence-corrected chi connectivity index (χ0v) is 8.02. The van der Waals surface area contributed by atoms with Crippen molar-refractivity contribution >= 4 is 11.7 Å². The molecule has 0 amide bonds. The Labute approximate surface area is 89.5 Å². The van der Waals surface area contributed by atoms with E-state index in [2.05, 4.69) is 5.43 Å². The van der Waals surface area contributed by atoms with E-state index in [1.54, 1.807) is 0 Å². The predicted octanol–water partition coefficient (Wildman–Crippen LogP) is 1.03. The minimum absolute atomic E-state index is 0.0173. The Hall–Kier alpha value is -1.73. The molecular weight excluding hydrogens is 222 g/mol. The van der Waals surface area contributed by atoms with Crippen LogP contribution in [-0.2, 0) is 4.79 Å². The number of aliphatic hydroxyl groups excluding tert-OH is 1. The van der Waals surface area contributed by atoms with Crippen LogP contribution < -0.4 is 11.3 Å². The number of aliphatic carboxylic acids is 1. The van der Waals surface area contributed by atoms with Crippen LogP contribution in [0.4, 0.5) is 14.5 Å². The van der Waals surface area contributed by atoms with Crippen LogP contribution in [0.1, 0.15) is 23.7 Å². The highest BCUT2D eigenvalue weighted by molar-refractivity contribution is 5.74. The van der Waals surface area contributed by atoms with Gasteiger partial charge in [-0.25, -0.2) is 13.6 Å². The van der Waals surface area contributed by atoms with Crippen molar-refractivity contribution in [1.82, 2.24) is 0 Å². The van der Waals surface area contributed by atoms with Gasteiger partial charge in [0.25, 0.3) is 6.43 Å². The molecule has 1 unspecified atom stereocenters. The molecule has 5 nitrogen and oxygen atoms in total. The van der Waals surface area contributed by atoms with Gasteiger partial charge in [-0.3, -0.25) is 5.84 Å². The minimum atomic E-state index is -2.81. The van der Waals surface area contributed by atoms with Gasteiger partial charge >= 0.3 is 5.97 Å². The van der Waals surface area contributed by atoms with E-state index in [1.165, 1.54) is 12.1 Å². The molecular formula is C9H10F2N2O3. The first-order valence-electron chi connectivity index (χ1n) is 4.27. The highest BCUT2D eigenvalue weighted by atomic mass is 19.3. The van der Waals surface area contributed by atoms with Gasteiger partial charge in [0.2, 0.25) is 0 Å². The highest BCUT2D eigenvalue weighted by Crippen LogP contribution is 2.29. The van der Waals surface area contributed by atoms with Gasteiger partial charge in [-0.05, 0) is 17.7 Å². The van der Waals surface area contributed by atoms with Crippen LogP contribution in [0.3, 0.4) is 0 Å².